The van der Waals surface area contributed by atoms with Gasteiger partial charge in [0.25, 0.3) is 5.91 Å². The number of thiazole rings is 1. The maximum atomic E-state index is 12.5. The number of thioether (sulfide) groups is 1. The van der Waals surface area contributed by atoms with Crippen LogP contribution in [0.5, 0.6) is 0 Å². The van der Waals surface area contributed by atoms with Gasteiger partial charge in [-0.15, -0.1) is 11.3 Å². The zero-order valence-electron chi connectivity index (χ0n) is 15.7. The second kappa shape index (κ2) is 8.54. The number of hydrogen-bond donors (Lipinski definition) is 1. The lowest BCUT2D eigenvalue weighted by Gasteiger charge is -2.01. The minimum Gasteiger partial charge on any atom is -0.455 e. The number of hydrogen-bond acceptors (Lipinski definition) is 8. The van der Waals surface area contributed by atoms with E-state index in [1.54, 1.807) is 24.5 Å². The van der Waals surface area contributed by atoms with Gasteiger partial charge in [0.2, 0.25) is 0 Å². The quantitative estimate of drug-likeness (QED) is 0.353. The smallest absolute Gasteiger partial charge is 0.293 e. The minimum atomic E-state index is -0.337. The Morgan fingerprint density at radius 3 is 2.76 bits per heavy atom. The Bertz CT molecular complexity index is 1120. The number of aromatic nitrogens is 4. The lowest BCUT2D eigenvalue weighted by molar-refractivity contribution is 0.0995. The summed E-state index contributed by atoms with van der Waals surface area (Å²) in [6.45, 7) is 3.87. The highest BCUT2D eigenvalue weighted by molar-refractivity contribution is 7.98. The first-order valence-corrected chi connectivity index (χ1v) is 10.6. The van der Waals surface area contributed by atoms with E-state index in [2.05, 4.69) is 25.3 Å². The second-order valence-corrected chi connectivity index (χ2v) is 8.02. The molecule has 0 saturated carbocycles. The van der Waals surface area contributed by atoms with Crippen LogP contribution in [0.15, 0.2) is 57.7 Å². The predicted octanol–water partition coefficient (Wildman–Crippen LogP) is 4.75. The van der Waals surface area contributed by atoms with E-state index in [0.717, 1.165) is 22.6 Å². The monoisotopic (exact) mass is 423 g/mol. The molecule has 7 nitrogen and oxygen atoms in total. The topological polar surface area (TPSA) is 93.8 Å². The molecule has 4 heterocycles. The SMILES string of the molecule is Cc1cc(C)nc(SCc2ccc(C(=O)Nc3nc(-c4cccnc4)cs3)o2)n1. The number of rotatable bonds is 6. The summed E-state index contributed by atoms with van der Waals surface area (Å²) in [4.78, 5) is 29.8. The maximum Gasteiger partial charge on any atom is 0.293 e. The van der Waals surface area contributed by atoms with Crippen LogP contribution in [0.1, 0.15) is 27.7 Å². The first kappa shape index (κ1) is 19.3. The fourth-order valence-electron chi connectivity index (χ4n) is 2.61. The van der Waals surface area contributed by atoms with Crippen molar-refractivity contribution in [3.63, 3.8) is 0 Å². The highest BCUT2D eigenvalue weighted by atomic mass is 32.2. The van der Waals surface area contributed by atoms with Crippen LogP contribution in [-0.4, -0.2) is 25.8 Å². The highest BCUT2D eigenvalue weighted by Gasteiger charge is 2.14. The molecule has 0 fully saturated rings. The van der Waals surface area contributed by atoms with Crippen LogP contribution in [0.3, 0.4) is 0 Å². The Hall–Kier alpha value is -3.04. The Kier molecular flexibility index (Phi) is 5.68. The molecule has 4 aromatic heterocycles. The van der Waals surface area contributed by atoms with Crippen molar-refractivity contribution < 1.29 is 9.21 Å². The number of amides is 1. The van der Waals surface area contributed by atoms with Gasteiger partial charge in [0.05, 0.1) is 11.4 Å². The summed E-state index contributed by atoms with van der Waals surface area (Å²) < 4.78 is 5.67. The van der Waals surface area contributed by atoms with Crippen molar-refractivity contribution in [2.45, 2.75) is 24.8 Å². The fourth-order valence-corrected chi connectivity index (χ4v) is 4.17. The van der Waals surface area contributed by atoms with Crippen molar-refractivity contribution in [1.29, 1.82) is 0 Å². The van der Waals surface area contributed by atoms with Crippen LogP contribution < -0.4 is 5.32 Å². The standard InChI is InChI=1S/C20H17N5O2S2/c1-12-8-13(2)23-19(22-12)28-10-15-5-6-17(27-15)18(26)25-20-24-16(11-29-20)14-4-3-7-21-9-14/h3-9,11H,10H2,1-2H3,(H,24,25,26). The first-order chi connectivity index (χ1) is 14.1. The van der Waals surface area contributed by atoms with Crippen molar-refractivity contribution in [3.8, 4) is 11.3 Å². The molecule has 9 heteroatoms. The maximum absolute atomic E-state index is 12.5. The number of nitrogens with zero attached hydrogens (tertiary/aromatic N) is 4. The number of furan rings is 1. The molecule has 4 rings (SSSR count). The fraction of sp³-hybridized carbons (Fsp3) is 0.150. The van der Waals surface area contributed by atoms with Gasteiger partial charge in [-0.25, -0.2) is 15.0 Å². The first-order valence-electron chi connectivity index (χ1n) is 8.78. The molecule has 0 radical (unpaired) electrons. The van der Waals surface area contributed by atoms with Gasteiger partial charge in [0, 0.05) is 34.7 Å². The Labute approximate surface area is 175 Å². The van der Waals surface area contributed by atoms with Crippen LogP contribution >= 0.6 is 23.1 Å². The molecular formula is C20H17N5O2S2. The van der Waals surface area contributed by atoms with Crippen LogP contribution in [0.25, 0.3) is 11.3 Å². The van der Waals surface area contributed by atoms with Crippen LogP contribution in [-0.2, 0) is 5.75 Å². The molecule has 0 bridgehead atoms. The number of carbonyl (C=O) groups excluding carboxylic acids is 1. The van der Waals surface area contributed by atoms with E-state index in [4.69, 9.17) is 4.42 Å². The number of anilines is 1. The third-order valence-electron chi connectivity index (χ3n) is 3.87. The summed E-state index contributed by atoms with van der Waals surface area (Å²) in [6, 6.07) is 9.14. The van der Waals surface area contributed by atoms with Gasteiger partial charge in [-0.2, -0.15) is 0 Å². The van der Waals surface area contributed by atoms with E-state index in [9.17, 15) is 4.79 Å². The molecule has 146 valence electrons. The second-order valence-electron chi connectivity index (χ2n) is 6.22. The summed E-state index contributed by atoms with van der Waals surface area (Å²) in [5.74, 6) is 1.12. The van der Waals surface area contributed by atoms with Gasteiger partial charge in [0.15, 0.2) is 16.0 Å². The third-order valence-corrected chi connectivity index (χ3v) is 5.50. The lowest BCUT2D eigenvalue weighted by atomic mass is 10.2. The molecule has 4 aromatic rings. The van der Waals surface area contributed by atoms with Gasteiger partial charge in [-0.1, -0.05) is 11.8 Å². The zero-order valence-corrected chi connectivity index (χ0v) is 17.4. The average molecular weight is 424 g/mol. The van der Waals surface area contributed by atoms with Gasteiger partial charge < -0.3 is 4.42 Å². The summed E-state index contributed by atoms with van der Waals surface area (Å²) in [5, 5.41) is 5.84. The number of carbonyl (C=O) groups is 1. The van der Waals surface area contributed by atoms with Gasteiger partial charge >= 0.3 is 0 Å². The molecule has 1 N–H and O–H groups in total. The van der Waals surface area contributed by atoms with Crippen LogP contribution in [0.4, 0.5) is 5.13 Å². The molecule has 0 atom stereocenters. The third kappa shape index (κ3) is 4.87. The highest BCUT2D eigenvalue weighted by Crippen LogP contribution is 2.25. The summed E-state index contributed by atoms with van der Waals surface area (Å²) in [7, 11) is 0. The molecule has 29 heavy (non-hydrogen) atoms. The summed E-state index contributed by atoms with van der Waals surface area (Å²) in [6.07, 6.45) is 3.44. The van der Waals surface area contributed by atoms with E-state index in [1.807, 2.05) is 37.4 Å². The molecule has 0 aliphatic heterocycles. The van der Waals surface area contributed by atoms with Crippen molar-refractivity contribution >= 4 is 34.1 Å². The normalized spacial score (nSPS) is 10.8. The molecule has 0 aliphatic rings. The summed E-state index contributed by atoms with van der Waals surface area (Å²) >= 11 is 2.82. The van der Waals surface area contributed by atoms with Crippen LogP contribution in [0, 0.1) is 13.8 Å². The molecule has 0 unspecified atom stereocenters. The van der Waals surface area contributed by atoms with Gasteiger partial charge in [0.1, 0.15) is 5.76 Å². The Morgan fingerprint density at radius 2 is 2.00 bits per heavy atom. The summed E-state index contributed by atoms with van der Waals surface area (Å²) in [5.41, 5.74) is 3.51. The lowest BCUT2D eigenvalue weighted by Crippen LogP contribution is -2.10. The minimum absolute atomic E-state index is 0.236. The molecule has 0 spiro atoms. The largest absolute Gasteiger partial charge is 0.455 e. The van der Waals surface area contributed by atoms with Crippen LogP contribution in [0.2, 0.25) is 0 Å². The predicted molar refractivity (Wildman–Crippen MR) is 113 cm³/mol. The van der Waals surface area contributed by atoms with E-state index >= 15 is 0 Å². The van der Waals surface area contributed by atoms with E-state index in [0.29, 0.717) is 21.8 Å². The molecule has 0 saturated heterocycles. The molecule has 0 aromatic carbocycles. The van der Waals surface area contributed by atoms with E-state index in [1.165, 1.54) is 23.1 Å². The van der Waals surface area contributed by atoms with Crippen molar-refractivity contribution in [2.24, 2.45) is 0 Å². The van der Waals surface area contributed by atoms with Crippen molar-refractivity contribution in [2.75, 3.05) is 5.32 Å². The van der Waals surface area contributed by atoms with Gasteiger partial charge in [-0.3, -0.25) is 15.1 Å². The Balaban J connectivity index is 1.38. The van der Waals surface area contributed by atoms with E-state index < -0.39 is 0 Å². The average Bonchev–Trinajstić information content (AvgIpc) is 3.36. The number of nitrogens with one attached hydrogen (secondary N) is 1. The zero-order chi connectivity index (χ0) is 20.2. The molecule has 1 amide bonds. The molecular weight excluding hydrogens is 406 g/mol. The molecule has 0 aliphatic carbocycles. The van der Waals surface area contributed by atoms with E-state index in [-0.39, 0.29) is 11.7 Å². The number of aryl methyl sites for hydroxylation is 2. The van der Waals surface area contributed by atoms with Gasteiger partial charge in [-0.05, 0) is 44.2 Å². The van der Waals surface area contributed by atoms with Crippen molar-refractivity contribution in [3.05, 3.63) is 71.0 Å². The Morgan fingerprint density at radius 1 is 1.17 bits per heavy atom. The number of pyridine rings is 1. The van der Waals surface area contributed by atoms with Crippen molar-refractivity contribution in [1.82, 2.24) is 19.9 Å².